The van der Waals surface area contributed by atoms with E-state index in [4.69, 9.17) is 0 Å². The summed E-state index contributed by atoms with van der Waals surface area (Å²) in [5, 5.41) is 10.5. The summed E-state index contributed by atoms with van der Waals surface area (Å²) < 4.78 is 2.71. The minimum absolute atomic E-state index is 0.106. The van der Waals surface area contributed by atoms with E-state index in [1.807, 2.05) is 11.3 Å². The molecule has 1 heteroatoms. The first kappa shape index (κ1) is 29.7. The van der Waals surface area contributed by atoms with Crippen LogP contribution in [-0.2, 0) is 5.41 Å². The molecule has 244 valence electrons. The normalized spacial score (nSPS) is 13.3. The first-order chi connectivity index (χ1) is 25.5. The predicted octanol–water partition coefficient (Wildman–Crippen LogP) is 14.8. The zero-order valence-corrected chi connectivity index (χ0v) is 29.9. The summed E-state index contributed by atoms with van der Waals surface area (Å²) in [7, 11) is 0. The Hall–Kier alpha value is -6.02. The van der Waals surface area contributed by atoms with E-state index in [1.165, 1.54) is 108 Å². The standard InChI is InChI=1S/C51H34S/c1-51(2)44-26-24-35(29-42(44)43-28-34-25-27-47-50(41(34)30-45(43)51)40-18-10-11-19-46(40)52-47)49-38-16-8-6-14-36(38)48(37-15-7-9-17-39(37)49)33-22-20-32(21-23-33)31-12-4-3-5-13-31/h3-30H,1-2H3. The van der Waals surface area contributed by atoms with Crippen LogP contribution in [0.3, 0.4) is 0 Å². The van der Waals surface area contributed by atoms with E-state index >= 15 is 0 Å². The third-order valence-electron chi connectivity index (χ3n) is 11.7. The quantitative estimate of drug-likeness (QED) is 0.163. The highest BCUT2D eigenvalue weighted by molar-refractivity contribution is 7.26. The number of benzene rings is 9. The van der Waals surface area contributed by atoms with E-state index < -0.39 is 0 Å². The van der Waals surface area contributed by atoms with E-state index in [1.54, 1.807) is 0 Å². The molecule has 0 amide bonds. The fourth-order valence-electron chi connectivity index (χ4n) is 9.16. The molecule has 10 aromatic rings. The zero-order valence-electron chi connectivity index (χ0n) is 29.1. The van der Waals surface area contributed by atoms with Crippen molar-refractivity contribution in [1.82, 2.24) is 0 Å². The fraction of sp³-hybridized carbons (Fsp3) is 0.0588. The van der Waals surface area contributed by atoms with Crippen LogP contribution in [0.1, 0.15) is 25.0 Å². The second-order valence-corrected chi connectivity index (χ2v) is 15.9. The zero-order chi connectivity index (χ0) is 34.6. The molecule has 0 bridgehead atoms. The van der Waals surface area contributed by atoms with Gasteiger partial charge in [0.15, 0.2) is 0 Å². The Balaban J connectivity index is 1.12. The summed E-state index contributed by atoms with van der Waals surface area (Å²) in [5.41, 5.74) is 13.0. The van der Waals surface area contributed by atoms with Crippen LogP contribution in [-0.4, -0.2) is 0 Å². The van der Waals surface area contributed by atoms with Gasteiger partial charge in [-0.05, 0) is 118 Å². The third kappa shape index (κ3) is 4.21. The van der Waals surface area contributed by atoms with Crippen LogP contribution in [0.4, 0.5) is 0 Å². The lowest BCUT2D eigenvalue weighted by atomic mass is 9.81. The molecule has 9 aromatic carbocycles. The van der Waals surface area contributed by atoms with Gasteiger partial charge in [0.2, 0.25) is 0 Å². The smallest absolute Gasteiger partial charge is 0.0361 e. The highest BCUT2D eigenvalue weighted by Gasteiger charge is 2.36. The van der Waals surface area contributed by atoms with Crippen LogP contribution < -0.4 is 0 Å². The van der Waals surface area contributed by atoms with Gasteiger partial charge in [-0.1, -0.05) is 153 Å². The van der Waals surface area contributed by atoms with E-state index in [9.17, 15) is 0 Å². The molecule has 0 radical (unpaired) electrons. The third-order valence-corrected chi connectivity index (χ3v) is 12.8. The van der Waals surface area contributed by atoms with Crippen molar-refractivity contribution in [3.05, 3.63) is 181 Å². The average molecular weight is 679 g/mol. The van der Waals surface area contributed by atoms with Crippen molar-refractivity contribution in [1.29, 1.82) is 0 Å². The molecule has 11 rings (SSSR count). The van der Waals surface area contributed by atoms with Crippen LogP contribution >= 0.6 is 11.3 Å². The number of hydrogen-bond donors (Lipinski definition) is 0. The van der Waals surface area contributed by atoms with Crippen LogP contribution in [0.2, 0.25) is 0 Å². The molecule has 0 N–H and O–H groups in total. The summed E-state index contributed by atoms with van der Waals surface area (Å²) in [4.78, 5) is 0. The highest BCUT2D eigenvalue weighted by Crippen LogP contribution is 2.53. The Morgan fingerprint density at radius 2 is 0.904 bits per heavy atom. The molecule has 0 saturated heterocycles. The second kappa shape index (κ2) is 11.0. The van der Waals surface area contributed by atoms with Crippen molar-refractivity contribution in [2.45, 2.75) is 19.3 Å². The lowest BCUT2D eigenvalue weighted by molar-refractivity contribution is 0.661. The summed E-state index contributed by atoms with van der Waals surface area (Å²) in [6, 6.07) is 63.5. The van der Waals surface area contributed by atoms with E-state index in [0.29, 0.717) is 0 Å². The molecule has 1 aliphatic rings. The molecule has 0 spiro atoms. The number of fused-ring (bicyclic) bond motifs is 10. The molecule has 0 unspecified atom stereocenters. The maximum absolute atomic E-state index is 2.51. The van der Waals surface area contributed by atoms with Crippen molar-refractivity contribution in [3.8, 4) is 44.5 Å². The van der Waals surface area contributed by atoms with Gasteiger partial charge in [0.25, 0.3) is 0 Å². The van der Waals surface area contributed by atoms with Gasteiger partial charge in [0, 0.05) is 25.6 Å². The first-order valence-electron chi connectivity index (χ1n) is 18.2. The largest absolute Gasteiger partial charge is 0.135 e. The Bertz CT molecular complexity index is 3010. The number of thiophene rings is 1. The van der Waals surface area contributed by atoms with Gasteiger partial charge in [-0.25, -0.2) is 0 Å². The van der Waals surface area contributed by atoms with Gasteiger partial charge in [0.05, 0.1) is 0 Å². The molecular formula is C51H34S. The van der Waals surface area contributed by atoms with Crippen LogP contribution in [0.15, 0.2) is 170 Å². The van der Waals surface area contributed by atoms with E-state index in [0.717, 1.165) is 0 Å². The monoisotopic (exact) mass is 678 g/mol. The predicted molar refractivity (Wildman–Crippen MR) is 226 cm³/mol. The molecule has 0 aliphatic heterocycles. The molecule has 0 saturated carbocycles. The SMILES string of the molecule is CC1(C)c2ccc(-c3c4ccccc4c(-c4ccc(-c5ccccc5)cc4)c4ccccc34)cc2-c2cc3ccc4sc5ccccc5c4c3cc21. The van der Waals surface area contributed by atoms with Crippen molar-refractivity contribution >= 4 is 63.8 Å². The summed E-state index contributed by atoms with van der Waals surface area (Å²) in [5.74, 6) is 0. The average Bonchev–Trinajstić information content (AvgIpc) is 3.68. The fourth-order valence-corrected chi connectivity index (χ4v) is 10.3. The molecule has 1 heterocycles. The summed E-state index contributed by atoms with van der Waals surface area (Å²) >= 11 is 1.90. The van der Waals surface area contributed by atoms with Gasteiger partial charge in [-0.2, -0.15) is 0 Å². The lowest BCUT2D eigenvalue weighted by Gasteiger charge is -2.22. The molecular weight excluding hydrogens is 645 g/mol. The van der Waals surface area contributed by atoms with Crippen molar-refractivity contribution < 1.29 is 0 Å². The highest BCUT2D eigenvalue weighted by atomic mass is 32.1. The second-order valence-electron chi connectivity index (χ2n) is 14.8. The van der Waals surface area contributed by atoms with Gasteiger partial charge in [-0.15, -0.1) is 11.3 Å². The number of hydrogen-bond acceptors (Lipinski definition) is 1. The molecule has 52 heavy (non-hydrogen) atoms. The molecule has 0 fully saturated rings. The molecule has 0 nitrogen and oxygen atoms in total. The van der Waals surface area contributed by atoms with E-state index in [2.05, 4.69) is 184 Å². The van der Waals surface area contributed by atoms with Crippen LogP contribution in [0, 0.1) is 0 Å². The van der Waals surface area contributed by atoms with Crippen molar-refractivity contribution in [3.63, 3.8) is 0 Å². The first-order valence-corrected chi connectivity index (χ1v) is 19.0. The van der Waals surface area contributed by atoms with Gasteiger partial charge in [-0.3, -0.25) is 0 Å². The van der Waals surface area contributed by atoms with Crippen molar-refractivity contribution in [2.24, 2.45) is 0 Å². The van der Waals surface area contributed by atoms with Crippen molar-refractivity contribution in [2.75, 3.05) is 0 Å². The number of rotatable bonds is 3. The maximum atomic E-state index is 2.51. The summed E-state index contributed by atoms with van der Waals surface area (Å²) in [6.07, 6.45) is 0. The molecule has 1 aliphatic carbocycles. The van der Waals surface area contributed by atoms with Gasteiger partial charge in [0.1, 0.15) is 0 Å². The Morgan fingerprint density at radius 3 is 1.60 bits per heavy atom. The Kier molecular flexibility index (Phi) is 6.27. The molecule has 0 atom stereocenters. The molecule has 1 aromatic heterocycles. The van der Waals surface area contributed by atoms with Gasteiger partial charge < -0.3 is 0 Å². The Morgan fingerprint density at radius 1 is 0.365 bits per heavy atom. The minimum Gasteiger partial charge on any atom is -0.135 e. The lowest BCUT2D eigenvalue weighted by Crippen LogP contribution is -2.14. The Labute approximate surface area is 307 Å². The topological polar surface area (TPSA) is 0 Å². The van der Waals surface area contributed by atoms with Crippen LogP contribution in [0.5, 0.6) is 0 Å². The van der Waals surface area contributed by atoms with Crippen LogP contribution in [0.25, 0.3) is 97.0 Å². The maximum Gasteiger partial charge on any atom is 0.0361 e. The van der Waals surface area contributed by atoms with E-state index in [-0.39, 0.29) is 5.41 Å². The summed E-state index contributed by atoms with van der Waals surface area (Å²) in [6.45, 7) is 4.80. The minimum atomic E-state index is -0.106. The van der Waals surface area contributed by atoms with Gasteiger partial charge >= 0.3 is 0 Å².